The molecule has 1 aromatic rings. The monoisotopic (exact) mass is 342 g/mol. The van der Waals surface area contributed by atoms with Crippen LogP contribution in [0.1, 0.15) is 44.1 Å². The predicted octanol–water partition coefficient (Wildman–Crippen LogP) is 2.90. The molecule has 0 spiro atoms. The van der Waals surface area contributed by atoms with Crippen molar-refractivity contribution in [3.8, 4) is 0 Å². The van der Waals surface area contributed by atoms with E-state index in [1.165, 1.54) is 37.4 Å². The molecule has 134 valence electrons. The highest BCUT2D eigenvalue weighted by Gasteiger charge is 2.23. The number of benzene rings is 1. The van der Waals surface area contributed by atoms with Crippen molar-refractivity contribution in [3.63, 3.8) is 0 Å². The van der Waals surface area contributed by atoms with Crippen molar-refractivity contribution in [2.75, 3.05) is 24.6 Å². The van der Waals surface area contributed by atoms with Gasteiger partial charge in [0, 0.05) is 30.9 Å². The van der Waals surface area contributed by atoms with Gasteiger partial charge in [0.1, 0.15) is 0 Å². The number of hydrogen-bond acceptors (Lipinski definition) is 4. The Morgan fingerprint density at radius 3 is 2.40 bits per heavy atom. The molecule has 0 atom stereocenters. The fourth-order valence-electron chi connectivity index (χ4n) is 2.97. The minimum Gasteiger partial charge on any atom is -0.452 e. The van der Waals surface area contributed by atoms with Crippen LogP contribution in [0.2, 0.25) is 0 Å². The van der Waals surface area contributed by atoms with E-state index in [1.54, 1.807) is 6.08 Å². The van der Waals surface area contributed by atoms with E-state index in [0.717, 1.165) is 31.5 Å². The van der Waals surface area contributed by atoms with Crippen molar-refractivity contribution >= 4 is 23.6 Å². The second-order valence-electron chi connectivity index (χ2n) is 6.78. The Kier molecular flexibility index (Phi) is 6.09. The van der Waals surface area contributed by atoms with Gasteiger partial charge in [0.15, 0.2) is 6.61 Å². The third-order valence-electron chi connectivity index (χ3n) is 4.56. The average molecular weight is 342 g/mol. The van der Waals surface area contributed by atoms with Crippen LogP contribution < -0.4 is 10.2 Å². The molecule has 5 nitrogen and oxygen atoms in total. The lowest BCUT2D eigenvalue weighted by molar-refractivity contribution is -0.143. The van der Waals surface area contributed by atoms with Crippen LogP contribution in [0.3, 0.4) is 0 Å². The van der Waals surface area contributed by atoms with E-state index in [-0.39, 0.29) is 18.6 Å². The van der Waals surface area contributed by atoms with Gasteiger partial charge in [-0.05, 0) is 49.5 Å². The summed E-state index contributed by atoms with van der Waals surface area (Å²) in [5, 5.41) is 2.78. The molecule has 1 amide bonds. The van der Waals surface area contributed by atoms with Crippen LogP contribution >= 0.6 is 0 Å². The molecule has 3 rings (SSSR count). The number of carbonyl (C=O) groups excluding carboxylic acids is 2. The normalized spacial score (nSPS) is 18.0. The molecule has 1 heterocycles. The number of anilines is 1. The van der Waals surface area contributed by atoms with Crippen LogP contribution in [-0.4, -0.2) is 37.6 Å². The van der Waals surface area contributed by atoms with Gasteiger partial charge in [0.05, 0.1) is 0 Å². The number of hydrogen-bond donors (Lipinski definition) is 1. The maximum absolute atomic E-state index is 11.7. The van der Waals surface area contributed by atoms with Gasteiger partial charge in [-0.2, -0.15) is 0 Å². The van der Waals surface area contributed by atoms with Gasteiger partial charge in [-0.25, -0.2) is 4.79 Å². The topological polar surface area (TPSA) is 58.6 Å². The highest BCUT2D eigenvalue weighted by Crippen LogP contribution is 2.20. The summed E-state index contributed by atoms with van der Waals surface area (Å²) < 4.78 is 4.94. The van der Waals surface area contributed by atoms with Gasteiger partial charge >= 0.3 is 5.97 Å². The van der Waals surface area contributed by atoms with Crippen LogP contribution in [0.4, 0.5) is 5.69 Å². The molecule has 0 bridgehead atoms. The Balaban J connectivity index is 1.45. The molecule has 1 saturated carbocycles. The maximum atomic E-state index is 11.7. The van der Waals surface area contributed by atoms with Crippen LogP contribution in [0.5, 0.6) is 0 Å². The first-order valence-corrected chi connectivity index (χ1v) is 9.20. The van der Waals surface area contributed by atoms with Gasteiger partial charge in [-0.3, -0.25) is 4.79 Å². The second-order valence-corrected chi connectivity index (χ2v) is 6.78. The third kappa shape index (κ3) is 5.93. The molecular formula is C20H26N2O3. The van der Waals surface area contributed by atoms with E-state index in [1.807, 2.05) is 12.1 Å². The fourth-order valence-corrected chi connectivity index (χ4v) is 2.97. The number of rotatable bonds is 6. The Bertz CT molecular complexity index is 612. The summed E-state index contributed by atoms with van der Waals surface area (Å²) in [5.41, 5.74) is 2.18. The largest absolute Gasteiger partial charge is 0.452 e. The first-order chi connectivity index (χ1) is 12.2. The molecule has 2 aliphatic rings. The summed E-state index contributed by atoms with van der Waals surface area (Å²) in [6.07, 6.45) is 10.3. The van der Waals surface area contributed by atoms with Crippen molar-refractivity contribution in [3.05, 3.63) is 35.9 Å². The SMILES string of the molecule is O=C(COC(=O)/C=C/c1ccc(N2CCCCCC2)cc1)NC1CC1. The van der Waals surface area contributed by atoms with Crippen molar-refractivity contribution in [2.45, 2.75) is 44.6 Å². The highest BCUT2D eigenvalue weighted by atomic mass is 16.5. The zero-order valence-electron chi connectivity index (χ0n) is 14.6. The van der Waals surface area contributed by atoms with Crippen molar-refractivity contribution in [2.24, 2.45) is 0 Å². The Morgan fingerprint density at radius 2 is 1.76 bits per heavy atom. The lowest BCUT2D eigenvalue weighted by atomic mass is 10.1. The van der Waals surface area contributed by atoms with Gasteiger partial charge in [-0.15, -0.1) is 0 Å². The predicted molar refractivity (Wildman–Crippen MR) is 98.3 cm³/mol. The molecule has 25 heavy (non-hydrogen) atoms. The molecule has 0 radical (unpaired) electrons. The lowest BCUT2D eigenvalue weighted by Crippen LogP contribution is -2.30. The smallest absolute Gasteiger partial charge is 0.331 e. The van der Waals surface area contributed by atoms with E-state index < -0.39 is 5.97 Å². The number of nitrogens with zero attached hydrogens (tertiary/aromatic N) is 1. The fraction of sp³-hybridized carbons (Fsp3) is 0.500. The molecule has 1 saturated heterocycles. The minimum atomic E-state index is -0.498. The van der Waals surface area contributed by atoms with E-state index >= 15 is 0 Å². The number of amides is 1. The van der Waals surface area contributed by atoms with Crippen LogP contribution in [-0.2, 0) is 14.3 Å². The summed E-state index contributed by atoms with van der Waals surface area (Å²) in [5.74, 6) is -0.728. The van der Waals surface area contributed by atoms with E-state index in [9.17, 15) is 9.59 Å². The molecule has 0 unspecified atom stereocenters. The summed E-state index contributed by atoms with van der Waals surface area (Å²) >= 11 is 0. The standard InChI is InChI=1S/C20H26N2O3/c23-19(21-17-8-9-17)15-25-20(24)12-7-16-5-10-18(11-6-16)22-13-3-1-2-4-14-22/h5-7,10-12,17H,1-4,8-9,13-15H2,(H,21,23)/b12-7+. The van der Waals surface area contributed by atoms with Crippen LogP contribution in [0.15, 0.2) is 30.3 Å². The van der Waals surface area contributed by atoms with E-state index in [4.69, 9.17) is 4.74 Å². The number of esters is 1. The number of nitrogens with one attached hydrogen (secondary N) is 1. The Hall–Kier alpha value is -2.30. The van der Waals surface area contributed by atoms with Crippen molar-refractivity contribution in [1.29, 1.82) is 0 Å². The summed E-state index contributed by atoms with van der Waals surface area (Å²) in [6.45, 7) is 2.02. The number of ether oxygens (including phenoxy) is 1. The molecule has 1 N–H and O–H groups in total. The molecular weight excluding hydrogens is 316 g/mol. The van der Waals surface area contributed by atoms with Gasteiger partial charge in [0.2, 0.25) is 0 Å². The highest BCUT2D eigenvalue weighted by molar-refractivity contribution is 5.89. The summed E-state index contributed by atoms with van der Waals surface area (Å²) in [6, 6.07) is 8.48. The average Bonchev–Trinajstić information content (AvgIpc) is 3.45. The van der Waals surface area contributed by atoms with E-state index in [2.05, 4.69) is 22.3 Å². The molecule has 1 aliphatic carbocycles. The quantitative estimate of drug-likeness (QED) is 0.638. The molecule has 2 fully saturated rings. The van der Waals surface area contributed by atoms with Crippen molar-refractivity contribution < 1.29 is 14.3 Å². The van der Waals surface area contributed by atoms with Crippen LogP contribution in [0.25, 0.3) is 6.08 Å². The van der Waals surface area contributed by atoms with Gasteiger partial charge < -0.3 is 15.0 Å². The lowest BCUT2D eigenvalue weighted by Gasteiger charge is -2.22. The molecule has 1 aromatic carbocycles. The molecule has 0 aromatic heterocycles. The van der Waals surface area contributed by atoms with Crippen molar-refractivity contribution in [1.82, 2.24) is 5.32 Å². The third-order valence-corrected chi connectivity index (χ3v) is 4.56. The van der Waals surface area contributed by atoms with Gasteiger partial charge in [0.25, 0.3) is 5.91 Å². The minimum absolute atomic E-state index is 0.215. The first kappa shape index (κ1) is 17.5. The molecule has 5 heteroatoms. The zero-order valence-corrected chi connectivity index (χ0v) is 14.6. The first-order valence-electron chi connectivity index (χ1n) is 9.20. The van der Waals surface area contributed by atoms with E-state index in [0.29, 0.717) is 0 Å². The number of carbonyl (C=O) groups is 2. The molecule has 1 aliphatic heterocycles. The second kappa shape index (κ2) is 8.70. The van der Waals surface area contributed by atoms with Crippen LogP contribution in [0, 0.1) is 0 Å². The Labute approximate surface area is 149 Å². The summed E-state index contributed by atoms with van der Waals surface area (Å²) in [7, 11) is 0. The maximum Gasteiger partial charge on any atom is 0.331 e. The summed E-state index contributed by atoms with van der Waals surface area (Å²) in [4.78, 5) is 25.6. The zero-order chi connectivity index (χ0) is 17.5. The van der Waals surface area contributed by atoms with Gasteiger partial charge in [-0.1, -0.05) is 25.0 Å². The Morgan fingerprint density at radius 1 is 1.08 bits per heavy atom.